The van der Waals surface area contributed by atoms with Gasteiger partial charge in [-0.15, -0.1) is 12.3 Å². The second-order valence-electron chi connectivity index (χ2n) is 3.12. The van der Waals surface area contributed by atoms with Gasteiger partial charge < -0.3 is 10.0 Å². The third kappa shape index (κ3) is 2.53. The third-order valence-corrected chi connectivity index (χ3v) is 2.09. The number of likely N-dealkylation sites (tertiary alicyclic amines) is 1. The van der Waals surface area contributed by atoms with Crippen LogP contribution in [0.5, 0.6) is 0 Å². The number of hydrogen-bond acceptors (Lipinski definition) is 2. The van der Waals surface area contributed by atoms with E-state index in [1.807, 2.05) is 0 Å². The monoisotopic (exact) mass is 153 g/mol. The Hall–Kier alpha value is -0.520. The number of aliphatic hydroxyl groups excluding tert-OH is 1. The first kappa shape index (κ1) is 8.58. The Balaban J connectivity index is 1.93. The third-order valence-electron chi connectivity index (χ3n) is 2.09. The molecule has 0 aromatic rings. The van der Waals surface area contributed by atoms with Gasteiger partial charge in [0.1, 0.15) is 0 Å². The Kier molecular flexibility index (Phi) is 3.41. The van der Waals surface area contributed by atoms with Crippen LogP contribution in [0.4, 0.5) is 0 Å². The van der Waals surface area contributed by atoms with E-state index in [1.54, 1.807) is 0 Å². The molecular formula is C9H15NO. The molecule has 0 radical (unpaired) electrons. The second-order valence-corrected chi connectivity index (χ2v) is 3.12. The van der Waals surface area contributed by atoms with Crippen LogP contribution in [-0.4, -0.2) is 36.2 Å². The number of aliphatic hydroxyl groups is 1. The molecule has 0 bridgehead atoms. The molecule has 2 nitrogen and oxygen atoms in total. The van der Waals surface area contributed by atoms with Crippen LogP contribution in [0.3, 0.4) is 0 Å². The lowest BCUT2D eigenvalue weighted by atomic mass is 10.0. The highest BCUT2D eigenvalue weighted by atomic mass is 16.3. The lowest BCUT2D eigenvalue weighted by Gasteiger charge is -2.38. The van der Waals surface area contributed by atoms with Gasteiger partial charge in [-0.1, -0.05) is 0 Å². The molecule has 2 heteroatoms. The van der Waals surface area contributed by atoms with Gasteiger partial charge >= 0.3 is 0 Å². The average Bonchev–Trinajstić information content (AvgIpc) is 1.94. The van der Waals surface area contributed by atoms with Crippen molar-refractivity contribution in [1.29, 1.82) is 0 Å². The van der Waals surface area contributed by atoms with E-state index in [1.165, 1.54) is 0 Å². The Labute approximate surface area is 68.2 Å². The fourth-order valence-electron chi connectivity index (χ4n) is 1.38. The quantitative estimate of drug-likeness (QED) is 0.464. The van der Waals surface area contributed by atoms with Crippen molar-refractivity contribution in [2.24, 2.45) is 5.92 Å². The standard InChI is InChI=1S/C9H15NO/c1-2-3-4-5-10-6-9(7-10)8-11/h1,9,11H,3-8H2. The number of unbranched alkanes of at least 4 members (excludes halogenated alkanes) is 1. The molecule has 0 aliphatic carbocycles. The minimum atomic E-state index is 0.339. The maximum Gasteiger partial charge on any atom is 0.0483 e. The van der Waals surface area contributed by atoms with Crippen molar-refractivity contribution in [3.05, 3.63) is 0 Å². The molecule has 62 valence electrons. The fraction of sp³-hybridized carbons (Fsp3) is 0.778. The molecule has 1 fully saturated rings. The van der Waals surface area contributed by atoms with Crippen LogP contribution in [0.15, 0.2) is 0 Å². The summed E-state index contributed by atoms with van der Waals surface area (Å²) in [5.74, 6) is 3.15. The van der Waals surface area contributed by atoms with Crippen LogP contribution in [-0.2, 0) is 0 Å². The van der Waals surface area contributed by atoms with E-state index in [0.29, 0.717) is 12.5 Å². The predicted molar refractivity (Wildman–Crippen MR) is 45.1 cm³/mol. The normalized spacial score (nSPS) is 19.3. The molecule has 1 saturated heterocycles. The molecule has 1 heterocycles. The Bertz CT molecular complexity index is 144. The van der Waals surface area contributed by atoms with Crippen molar-refractivity contribution >= 4 is 0 Å². The van der Waals surface area contributed by atoms with Gasteiger partial charge in [-0.2, -0.15) is 0 Å². The van der Waals surface area contributed by atoms with Gasteiger partial charge in [0.15, 0.2) is 0 Å². The lowest BCUT2D eigenvalue weighted by molar-refractivity contribution is 0.0536. The number of rotatable bonds is 4. The predicted octanol–water partition coefficient (Wildman–Crippen LogP) is 0.324. The van der Waals surface area contributed by atoms with Gasteiger partial charge in [-0.3, -0.25) is 0 Å². The molecule has 0 atom stereocenters. The molecular weight excluding hydrogens is 138 g/mol. The van der Waals surface area contributed by atoms with Gasteiger partial charge in [0.25, 0.3) is 0 Å². The maximum absolute atomic E-state index is 8.72. The molecule has 0 amide bonds. The Morgan fingerprint density at radius 3 is 2.82 bits per heavy atom. The van der Waals surface area contributed by atoms with Crippen LogP contribution in [0, 0.1) is 18.3 Å². The Morgan fingerprint density at radius 1 is 1.55 bits per heavy atom. The summed E-state index contributed by atoms with van der Waals surface area (Å²) in [4.78, 5) is 2.33. The van der Waals surface area contributed by atoms with Gasteiger partial charge in [0, 0.05) is 32.0 Å². The molecule has 1 aliphatic heterocycles. The number of hydrogen-bond donors (Lipinski definition) is 1. The van der Waals surface area contributed by atoms with Crippen molar-refractivity contribution in [2.75, 3.05) is 26.2 Å². The van der Waals surface area contributed by atoms with Crippen molar-refractivity contribution < 1.29 is 5.11 Å². The molecule has 0 saturated carbocycles. The fourth-order valence-corrected chi connectivity index (χ4v) is 1.38. The summed E-state index contributed by atoms with van der Waals surface area (Å²) in [6.07, 6.45) is 7.09. The SMILES string of the molecule is C#CCCCN1CC(CO)C1. The van der Waals surface area contributed by atoms with Crippen molar-refractivity contribution in [2.45, 2.75) is 12.8 Å². The van der Waals surface area contributed by atoms with Gasteiger partial charge in [0.05, 0.1) is 0 Å². The summed E-state index contributed by atoms with van der Waals surface area (Å²) in [5, 5.41) is 8.72. The Morgan fingerprint density at radius 2 is 2.27 bits per heavy atom. The lowest BCUT2D eigenvalue weighted by Crippen LogP contribution is -2.48. The summed E-state index contributed by atoms with van der Waals surface area (Å²) in [5.41, 5.74) is 0. The summed E-state index contributed by atoms with van der Waals surface area (Å²) in [6.45, 7) is 3.55. The highest BCUT2D eigenvalue weighted by Crippen LogP contribution is 2.14. The minimum absolute atomic E-state index is 0.339. The first-order valence-corrected chi connectivity index (χ1v) is 4.13. The maximum atomic E-state index is 8.72. The molecule has 1 rings (SSSR count). The van der Waals surface area contributed by atoms with E-state index in [2.05, 4.69) is 10.8 Å². The highest BCUT2D eigenvalue weighted by molar-refractivity contribution is 4.85. The minimum Gasteiger partial charge on any atom is -0.396 e. The van der Waals surface area contributed by atoms with Crippen molar-refractivity contribution in [3.8, 4) is 12.3 Å². The molecule has 11 heavy (non-hydrogen) atoms. The highest BCUT2D eigenvalue weighted by Gasteiger charge is 2.24. The number of nitrogens with zero attached hydrogens (tertiary/aromatic N) is 1. The van der Waals surface area contributed by atoms with E-state index in [9.17, 15) is 0 Å². The van der Waals surface area contributed by atoms with Crippen LogP contribution >= 0.6 is 0 Å². The topological polar surface area (TPSA) is 23.5 Å². The molecule has 0 spiro atoms. The smallest absolute Gasteiger partial charge is 0.0483 e. The van der Waals surface area contributed by atoms with E-state index in [0.717, 1.165) is 32.5 Å². The van der Waals surface area contributed by atoms with Crippen molar-refractivity contribution in [1.82, 2.24) is 4.90 Å². The van der Waals surface area contributed by atoms with E-state index >= 15 is 0 Å². The summed E-state index contributed by atoms with van der Waals surface area (Å²) >= 11 is 0. The molecule has 0 aromatic heterocycles. The average molecular weight is 153 g/mol. The molecule has 0 unspecified atom stereocenters. The summed E-state index contributed by atoms with van der Waals surface area (Å²) < 4.78 is 0. The second kappa shape index (κ2) is 4.38. The number of terminal acetylenes is 1. The summed E-state index contributed by atoms with van der Waals surface area (Å²) in [7, 11) is 0. The van der Waals surface area contributed by atoms with E-state index in [4.69, 9.17) is 11.5 Å². The first-order chi connectivity index (χ1) is 5.36. The van der Waals surface area contributed by atoms with Gasteiger partial charge in [0.2, 0.25) is 0 Å². The van der Waals surface area contributed by atoms with Crippen LogP contribution < -0.4 is 0 Å². The van der Waals surface area contributed by atoms with Crippen molar-refractivity contribution in [3.63, 3.8) is 0 Å². The zero-order chi connectivity index (χ0) is 8.10. The van der Waals surface area contributed by atoms with Crippen LogP contribution in [0.2, 0.25) is 0 Å². The van der Waals surface area contributed by atoms with Crippen LogP contribution in [0.1, 0.15) is 12.8 Å². The largest absolute Gasteiger partial charge is 0.396 e. The first-order valence-electron chi connectivity index (χ1n) is 4.13. The zero-order valence-corrected chi connectivity index (χ0v) is 6.79. The van der Waals surface area contributed by atoms with Crippen LogP contribution in [0.25, 0.3) is 0 Å². The summed E-state index contributed by atoms with van der Waals surface area (Å²) in [6, 6.07) is 0. The molecule has 1 aliphatic rings. The van der Waals surface area contributed by atoms with Gasteiger partial charge in [-0.05, 0) is 13.0 Å². The zero-order valence-electron chi connectivity index (χ0n) is 6.79. The van der Waals surface area contributed by atoms with E-state index < -0.39 is 0 Å². The molecule has 0 aromatic carbocycles. The van der Waals surface area contributed by atoms with E-state index in [-0.39, 0.29) is 0 Å². The molecule has 1 N–H and O–H groups in total. The van der Waals surface area contributed by atoms with Gasteiger partial charge in [-0.25, -0.2) is 0 Å².